The molecule has 0 saturated heterocycles. The van der Waals surface area contributed by atoms with Crippen molar-refractivity contribution in [2.75, 3.05) is 0 Å². The summed E-state index contributed by atoms with van der Waals surface area (Å²) in [5, 5.41) is 29.2. The Morgan fingerprint density at radius 1 is 1.17 bits per heavy atom. The highest BCUT2D eigenvalue weighted by Crippen LogP contribution is 2.16. The van der Waals surface area contributed by atoms with Gasteiger partial charge in [-0.2, -0.15) is 0 Å². The van der Waals surface area contributed by atoms with E-state index in [2.05, 4.69) is 5.10 Å². The minimum Gasteiger partial charge on any atom is -0.868 e. The predicted molar refractivity (Wildman–Crippen MR) is 83.9 cm³/mol. The third-order valence-electron chi connectivity index (χ3n) is 3.50. The molecule has 0 amide bonds. The Labute approximate surface area is 132 Å². The van der Waals surface area contributed by atoms with Gasteiger partial charge in [-0.3, -0.25) is 10.1 Å². The van der Waals surface area contributed by atoms with Gasteiger partial charge in [-0.05, 0) is 36.4 Å². The second-order valence-electron chi connectivity index (χ2n) is 5.08. The first-order valence-corrected chi connectivity index (χ1v) is 6.96. The number of nitro groups is 1. The van der Waals surface area contributed by atoms with Gasteiger partial charge in [-0.1, -0.05) is 22.9 Å². The first kappa shape index (κ1) is 14.6. The second kappa shape index (κ2) is 5.84. The maximum atomic E-state index is 12.3. The van der Waals surface area contributed by atoms with Crippen LogP contribution in [0.3, 0.4) is 0 Å². The minimum atomic E-state index is -0.499. The van der Waals surface area contributed by atoms with Gasteiger partial charge in [0.15, 0.2) is 6.20 Å². The van der Waals surface area contributed by atoms with Crippen molar-refractivity contribution in [3.63, 3.8) is 0 Å². The van der Waals surface area contributed by atoms with E-state index in [1.165, 1.54) is 35.1 Å². The molecule has 3 aromatic rings. The average molecular weight is 307 g/mol. The van der Waals surface area contributed by atoms with Gasteiger partial charge in [0.1, 0.15) is 5.69 Å². The number of fused-ring (bicyclic) bond motifs is 1. The van der Waals surface area contributed by atoms with Gasteiger partial charge in [0.2, 0.25) is 6.20 Å². The van der Waals surface area contributed by atoms with Crippen LogP contribution < -0.4 is 9.79 Å². The lowest BCUT2D eigenvalue weighted by atomic mass is 10.1. The molecule has 0 aliphatic carbocycles. The molecule has 0 unspecified atom stereocenters. The molecule has 0 N–H and O–H groups in total. The number of nitro benzene ring substituents is 1. The van der Waals surface area contributed by atoms with Crippen molar-refractivity contribution in [1.29, 1.82) is 0 Å². The molecule has 0 aliphatic heterocycles. The lowest BCUT2D eigenvalue weighted by Crippen LogP contribution is -2.33. The van der Waals surface area contributed by atoms with Gasteiger partial charge in [0.05, 0.1) is 10.3 Å². The van der Waals surface area contributed by atoms with Crippen LogP contribution in [0.5, 0.6) is 0 Å². The third-order valence-corrected chi connectivity index (χ3v) is 3.50. The van der Waals surface area contributed by atoms with E-state index < -0.39 is 4.92 Å². The van der Waals surface area contributed by atoms with Crippen molar-refractivity contribution in [2.24, 2.45) is 0 Å². The average Bonchev–Trinajstić information content (AvgIpc) is 2.55. The summed E-state index contributed by atoms with van der Waals surface area (Å²) < 4.78 is 1.47. The maximum Gasteiger partial charge on any atom is 0.269 e. The van der Waals surface area contributed by atoms with Gasteiger partial charge in [0.25, 0.3) is 5.69 Å². The summed E-state index contributed by atoms with van der Waals surface area (Å²) in [5.41, 5.74) is 1.14. The summed E-state index contributed by atoms with van der Waals surface area (Å²) in [6.45, 7) is 1.88. The van der Waals surface area contributed by atoms with Crippen LogP contribution in [-0.2, 0) is 0 Å². The zero-order chi connectivity index (χ0) is 16.4. The summed E-state index contributed by atoms with van der Waals surface area (Å²) >= 11 is 0. The van der Waals surface area contributed by atoms with Crippen molar-refractivity contribution >= 4 is 28.4 Å². The molecule has 2 aromatic carbocycles. The SMILES string of the molecule is Cc1n[n+](/C=C(\[O-])c2ccc([N+](=O)[O-])cc2)cc2ccccc12. The third kappa shape index (κ3) is 3.01. The fourth-order valence-electron chi connectivity index (χ4n) is 2.35. The lowest BCUT2D eigenvalue weighted by Gasteiger charge is -2.08. The molecule has 6 nitrogen and oxygen atoms in total. The Balaban J connectivity index is 1.98. The summed E-state index contributed by atoms with van der Waals surface area (Å²) in [5.74, 6) is -0.271. The molecule has 1 heterocycles. The number of benzene rings is 2. The Bertz CT molecular complexity index is 918. The minimum absolute atomic E-state index is 0.0473. The smallest absolute Gasteiger partial charge is 0.269 e. The molecule has 1 aromatic heterocycles. The van der Waals surface area contributed by atoms with E-state index in [4.69, 9.17) is 0 Å². The summed E-state index contributed by atoms with van der Waals surface area (Å²) in [7, 11) is 0. The molecular weight excluding hydrogens is 294 g/mol. The van der Waals surface area contributed by atoms with E-state index in [9.17, 15) is 15.2 Å². The zero-order valence-electron chi connectivity index (χ0n) is 12.3. The Hall–Kier alpha value is -3.28. The van der Waals surface area contributed by atoms with Crippen LogP contribution in [0.25, 0.3) is 22.7 Å². The Morgan fingerprint density at radius 3 is 2.57 bits per heavy atom. The molecule has 23 heavy (non-hydrogen) atoms. The number of aryl methyl sites for hydroxylation is 1. The first-order valence-electron chi connectivity index (χ1n) is 6.96. The molecule has 0 spiro atoms. The van der Waals surface area contributed by atoms with Gasteiger partial charge < -0.3 is 5.11 Å². The monoisotopic (exact) mass is 307 g/mol. The van der Waals surface area contributed by atoms with Crippen LogP contribution in [-0.4, -0.2) is 10.0 Å². The van der Waals surface area contributed by atoms with Crippen molar-refractivity contribution < 1.29 is 14.7 Å². The first-order chi connectivity index (χ1) is 11.0. The molecule has 0 fully saturated rings. The van der Waals surface area contributed by atoms with Crippen molar-refractivity contribution in [2.45, 2.75) is 6.92 Å². The quantitative estimate of drug-likeness (QED) is 0.321. The van der Waals surface area contributed by atoms with Crippen molar-refractivity contribution in [1.82, 2.24) is 5.10 Å². The number of aromatic nitrogens is 2. The number of rotatable bonds is 3. The zero-order valence-corrected chi connectivity index (χ0v) is 12.3. The van der Waals surface area contributed by atoms with E-state index in [0.717, 1.165) is 16.5 Å². The molecule has 114 valence electrons. The van der Waals surface area contributed by atoms with Crippen LogP contribution in [0.1, 0.15) is 11.3 Å². The largest absolute Gasteiger partial charge is 0.868 e. The Kier molecular flexibility index (Phi) is 3.72. The summed E-state index contributed by atoms with van der Waals surface area (Å²) in [6.07, 6.45) is 3.13. The summed E-state index contributed by atoms with van der Waals surface area (Å²) in [6, 6.07) is 13.3. The van der Waals surface area contributed by atoms with Crippen molar-refractivity contribution in [3.8, 4) is 0 Å². The molecule has 6 heteroatoms. The fraction of sp³-hybridized carbons (Fsp3) is 0.0588. The van der Waals surface area contributed by atoms with Crippen LogP contribution in [0, 0.1) is 17.0 Å². The lowest BCUT2D eigenvalue weighted by molar-refractivity contribution is -0.634. The van der Waals surface area contributed by atoms with E-state index in [1.54, 1.807) is 6.20 Å². The predicted octanol–water partition coefficient (Wildman–Crippen LogP) is 2.05. The number of non-ortho nitro benzene ring substituents is 1. The van der Waals surface area contributed by atoms with Gasteiger partial charge in [0, 0.05) is 22.6 Å². The fourth-order valence-corrected chi connectivity index (χ4v) is 2.35. The highest BCUT2D eigenvalue weighted by atomic mass is 16.6. The Morgan fingerprint density at radius 2 is 1.87 bits per heavy atom. The molecule has 0 radical (unpaired) electrons. The highest BCUT2D eigenvalue weighted by molar-refractivity contribution is 5.82. The molecule has 0 saturated carbocycles. The van der Waals surface area contributed by atoms with Gasteiger partial charge >= 0.3 is 0 Å². The van der Waals surface area contributed by atoms with Crippen molar-refractivity contribution in [3.05, 3.63) is 76.1 Å². The topological polar surface area (TPSA) is 83.0 Å². The van der Waals surface area contributed by atoms with Crippen LogP contribution in [0.15, 0.2) is 54.7 Å². The van der Waals surface area contributed by atoms with E-state index >= 15 is 0 Å². The molecule has 0 bridgehead atoms. The van der Waals surface area contributed by atoms with Crippen LogP contribution in [0.4, 0.5) is 5.69 Å². The molecular formula is C17H13N3O3. The molecule has 0 aliphatic rings. The normalized spacial score (nSPS) is 11.6. The number of hydrogen-bond acceptors (Lipinski definition) is 4. The van der Waals surface area contributed by atoms with Gasteiger partial charge in [-0.25, -0.2) is 0 Å². The van der Waals surface area contributed by atoms with E-state index in [0.29, 0.717) is 5.56 Å². The molecule has 3 rings (SSSR count). The van der Waals surface area contributed by atoms with Crippen LogP contribution in [0.2, 0.25) is 0 Å². The molecule has 0 atom stereocenters. The standard InChI is InChI=1S/C17H13N3O3/c1-12-16-5-3-2-4-14(16)10-19(18-12)11-17(21)13-6-8-15(9-7-13)20(22)23/h2-11H,1H3. The van der Waals surface area contributed by atoms with E-state index in [-0.39, 0.29) is 11.4 Å². The maximum absolute atomic E-state index is 12.3. The second-order valence-corrected chi connectivity index (χ2v) is 5.08. The summed E-state index contributed by atoms with van der Waals surface area (Å²) in [4.78, 5) is 10.1. The van der Waals surface area contributed by atoms with E-state index in [1.807, 2.05) is 31.2 Å². The van der Waals surface area contributed by atoms with Crippen LogP contribution >= 0.6 is 0 Å². The number of nitrogens with zero attached hydrogens (tertiary/aromatic N) is 3. The highest BCUT2D eigenvalue weighted by Gasteiger charge is 2.08. The van der Waals surface area contributed by atoms with Gasteiger partial charge in [-0.15, -0.1) is 0 Å². The number of hydrogen-bond donors (Lipinski definition) is 0.